The summed E-state index contributed by atoms with van der Waals surface area (Å²) in [5.74, 6) is -0.563. The fourth-order valence-corrected chi connectivity index (χ4v) is 6.98. The predicted molar refractivity (Wildman–Crippen MR) is 159 cm³/mol. The van der Waals surface area contributed by atoms with Gasteiger partial charge in [0.2, 0.25) is 0 Å². The van der Waals surface area contributed by atoms with Crippen molar-refractivity contribution in [2.24, 2.45) is 5.92 Å². The van der Waals surface area contributed by atoms with Gasteiger partial charge in [0.25, 0.3) is 0 Å². The van der Waals surface area contributed by atoms with E-state index in [-0.39, 0.29) is 23.8 Å². The molecule has 4 heterocycles. The number of rotatable bonds is 8. The highest BCUT2D eigenvalue weighted by atomic mass is 35.5. The summed E-state index contributed by atoms with van der Waals surface area (Å²) in [6.07, 6.45) is 7.97. The number of hydrogen-bond donors (Lipinski definition) is 1. The highest BCUT2D eigenvalue weighted by molar-refractivity contribution is 7.12. The first kappa shape index (κ1) is 28.9. The van der Waals surface area contributed by atoms with Crippen LogP contribution in [0.4, 0.5) is 5.82 Å². The Morgan fingerprint density at radius 3 is 2.40 bits per heavy atom. The number of Topliss-reactive ketones (excluding diaryl/α,β-unsaturated/α-hetero) is 1. The minimum absolute atomic E-state index is 0.124. The molecule has 0 amide bonds. The second-order valence-electron chi connectivity index (χ2n) is 10.7. The zero-order valence-electron chi connectivity index (χ0n) is 22.7. The Balaban J connectivity index is 1.34. The van der Waals surface area contributed by atoms with Crippen LogP contribution in [0, 0.1) is 12.8 Å². The third-order valence-corrected chi connectivity index (χ3v) is 9.81. The van der Waals surface area contributed by atoms with Crippen molar-refractivity contribution in [1.29, 1.82) is 0 Å². The first-order valence-corrected chi connectivity index (χ1v) is 15.3. The minimum atomic E-state index is -0.751. The molecule has 0 radical (unpaired) electrons. The van der Waals surface area contributed by atoms with E-state index >= 15 is 0 Å². The number of nitrogens with zero attached hydrogens (tertiary/aromatic N) is 5. The van der Waals surface area contributed by atoms with Crippen molar-refractivity contribution in [1.82, 2.24) is 19.9 Å². The molecule has 212 valence electrons. The lowest BCUT2D eigenvalue weighted by Gasteiger charge is -2.33. The first-order chi connectivity index (χ1) is 19.2. The van der Waals surface area contributed by atoms with E-state index < -0.39 is 5.97 Å². The molecule has 1 aromatic carbocycles. The van der Waals surface area contributed by atoms with Crippen LogP contribution in [0.5, 0.6) is 0 Å². The number of aliphatic carboxylic acids is 1. The van der Waals surface area contributed by atoms with Crippen molar-refractivity contribution in [3.05, 3.63) is 55.7 Å². The van der Waals surface area contributed by atoms with Gasteiger partial charge in [-0.15, -0.1) is 11.3 Å². The molecule has 2 fully saturated rings. The lowest BCUT2D eigenvalue weighted by Crippen LogP contribution is -2.36. The normalized spacial score (nSPS) is 18.7. The molecule has 2 aromatic heterocycles. The van der Waals surface area contributed by atoms with Gasteiger partial charge in [0, 0.05) is 46.2 Å². The first-order valence-electron chi connectivity index (χ1n) is 13.7. The van der Waals surface area contributed by atoms with E-state index in [2.05, 4.69) is 21.8 Å². The highest BCUT2D eigenvalue weighted by Crippen LogP contribution is 2.36. The predicted octanol–water partition coefficient (Wildman–Crippen LogP) is 6.32. The van der Waals surface area contributed by atoms with Gasteiger partial charge in [-0.05, 0) is 63.8 Å². The largest absolute Gasteiger partial charge is 0.481 e. The monoisotopic (exact) mass is 601 g/mol. The average Bonchev–Trinajstić information content (AvgIpc) is 3.34. The number of carboxylic acids is 1. The summed E-state index contributed by atoms with van der Waals surface area (Å²) in [5.41, 5.74) is 2.79. The maximum absolute atomic E-state index is 13.2. The van der Waals surface area contributed by atoms with Gasteiger partial charge in [0.1, 0.15) is 16.5 Å². The molecule has 3 aromatic rings. The SMILES string of the molecule is Cc1c(Cl)cc(-c2nc(CC(=O)c3cnc(N4CCC(C(=O)O)CC4)cn3)sc2CN2CCCC[C@H]2C)cc1Cl. The van der Waals surface area contributed by atoms with Gasteiger partial charge in [0.05, 0.1) is 30.4 Å². The van der Waals surface area contributed by atoms with E-state index in [9.17, 15) is 14.7 Å². The van der Waals surface area contributed by atoms with Crippen molar-refractivity contribution in [3.63, 3.8) is 0 Å². The van der Waals surface area contributed by atoms with Crippen LogP contribution in [0.15, 0.2) is 24.5 Å². The van der Waals surface area contributed by atoms with Gasteiger partial charge in [-0.25, -0.2) is 15.0 Å². The molecule has 40 heavy (non-hydrogen) atoms. The number of likely N-dealkylation sites (tertiary alicyclic amines) is 1. The molecule has 0 aliphatic carbocycles. The maximum atomic E-state index is 13.2. The van der Waals surface area contributed by atoms with Gasteiger partial charge < -0.3 is 10.0 Å². The number of carbonyl (C=O) groups is 2. The summed E-state index contributed by atoms with van der Waals surface area (Å²) in [6.45, 7) is 7.16. The number of anilines is 1. The van der Waals surface area contributed by atoms with Crippen molar-refractivity contribution in [2.75, 3.05) is 24.5 Å². The van der Waals surface area contributed by atoms with Gasteiger partial charge in [0.15, 0.2) is 5.78 Å². The summed E-state index contributed by atoms with van der Waals surface area (Å²) in [5, 5.41) is 11.1. The fraction of sp³-hybridized carbons (Fsp3) is 0.483. The van der Waals surface area contributed by atoms with E-state index in [4.69, 9.17) is 28.2 Å². The van der Waals surface area contributed by atoms with Gasteiger partial charge in [-0.3, -0.25) is 14.5 Å². The molecule has 0 unspecified atom stereocenters. The van der Waals surface area contributed by atoms with E-state index in [1.807, 2.05) is 24.0 Å². The van der Waals surface area contributed by atoms with E-state index in [1.54, 1.807) is 17.5 Å². The Hall–Kier alpha value is -2.59. The van der Waals surface area contributed by atoms with Gasteiger partial charge >= 0.3 is 5.97 Å². The highest BCUT2D eigenvalue weighted by Gasteiger charge is 2.26. The second-order valence-corrected chi connectivity index (χ2v) is 12.7. The van der Waals surface area contributed by atoms with E-state index in [0.29, 0.717) is 52.8 Å². The Labute approximate surface area is 248 Å². The number of carbonyl (C=O) groups excluding carboxylic acids is 1. The topological polar surface area (TPSA) is 99.5 Å². The van der Waals surface area contributed by atoms with E-state index in [1.165, 1.54) is 25.5 Å². The lowest BCUT2D eigenvalue weighted by atomic mass is 9.97. The number of carboxylic acid groups (broad SMARTS) is 1. The van der Waals surface area contributed by atoms with Crippen molar-refractivity contribution < 1.29 is 14.7 Å². The van der Waals surface area contributed by atoms with Gasteiger partial charge in [-0.2, -0.15) is 0 Å². The van der Waals surface area contributed by atoms with Crippen LogP contribution >= 0.6 is 34.5 Å². The molecular formula is C29H33Cl2N5O3S. The number of halogens is 2. The quantitative estimate of drug-likeness (QED) is 0.299. The molecule has 0 bridgehead atoms. The molecule has 2 saturated heterocycles. The number of aromatic nitrogens is 3. The molecule has 8 nitrogen and oxygen atoms in total. The summed E-state index contributed by atoms with van der Waals surface area (Å²) in [4.78, 5) is 43.8. The van der Waals surface area contributed by atoms with Crippen LogP contribution in [0.2, 0.25) is 10.0 Å². The number of piperidine rings is 2. The summed E-state index contributed by atoms with van der Waals surface area (Å²) >= 11 is 14.5. The molecule has 1 atom stereocenters. The summed E-state index contributed by atoms with van der Waals surface area (Å²) < 4.78 is 0. The Morgan fingerprint density at radius 2 is 1.77 bits per heavy atom. The maximum Gasteiger partial charge on any atom is 0.306 e. The van der Waals surface area contributed by atoms with Gasteiger partial charge in [-0.1, -0.05) is 29.6 Å². The molecule has 0 spiro atoms. The minimum Gasteiger partial charge on any atom is -0.481 e. The Morgan fingerprint density at radius 1 is 1.05 bits per heavy atom. The van der Waals surface area contributed by atoms with E-state index in [0.717, 1.165) is 34.8 Å². The number of hydrogen-bond acceptors (Lipinski definition) is 8. The molecule has 2 aliphatic rings. The molecule has 2 aliphatic heterocycles. The summed E-state index contributed by atoms with van der Waals surface area (Å²) in [6, 6.07) is 4.29. The standard InChI is InChI=1S/C29H33Cl2N5O3S/c1-17-5-3-4-8-36(17)16-25-28(20-11-21(30)18(2)22(31)12-20)34-27(40-25)13-24(37)23-14-33-26(15-32-23)35-9-6-19(7-10-35)29(38)39/h11-12,14-15,17,19H,3-10,13,16H2,1-2H3,(H,38,39)/t17-/m1/s1. The molecule has 0 saturated carbocycles. The van der Waals surface area contributed by atoms with Crippen LogP contribution in [-0.4, -0.2) is 62.4 Å². The number of ketones is 1. The van der Waals surface area contributed by atoms with Crippen molar-refractivity contribution in [3.8, 4) is 11.3 Å². The molecule has 11 heteroatoms. The molecule has 5 rings (SSSR count). The lowest BCUT2D eigenvalue weighted by molar-refractivity contribution is -0.142. The Kier molecular flexibility index (Phi) is 9.05. The average molecular weight is 603 g/mol. The fourth-order valence-electron chi connectivity index (χ4n) is 5.38. The van der Waals surface area contributed by atoms with Crippen LogP contribution in [0.3, 0.4) is 0 Å². The molecule has 1 N–H and O–H groups in total. The molecular weight excluding hydrogens is 569 g/mol. The zero-order chi connectivity index (χ0) is 28.4. The van der Waals surface area contributed by atoms with Crippen molar-refractivity contribution >= 4 is 52.1 Å². The number of thiazole rings is 1. The number of benzene rings is 1. The second kappa shape index (κ2) is 12.5. The Bertz CT molecular complexity index is 1370. The van der Waals surface area contributed by atoms with Crippen molar-refractivity contribution in [2.45, 2.75) is 65.0 Å². The van der Waals surface area contributed by atoms with Crippen LogP contribution in [0.1, 0.15) is 65.0 Å². The zero-order valence-corrected chi connectivity index (χ0v) is 25.0. The van der Waals surface area contributed by atoms with Crippen LogP contribution in [0.25, 0.3) is 11.3 Å². The third-order valence-electron chi connectivity index (χ3n) is 7.99. The summed E-state index contributed by atoms with van der Waals surface area (Å²) in [7, 11) is 0. The van der Waals surface area contributed by atoms with Crippen LogP contribution < -0.4 is 4.90 Å². The third kappa shape index (κ3) is 6.48. The smallest absolute Gasteiger partial charge is 0.306 e. The van der Waals surface area contributed by atoms with Crippen LogP contribution in [-0.2, 0) is 17.8 Å².